The molecule has 0 spiro atoms. The molecule has 0 bridgehead atoms. The van der Waals surface area contributed by atoms with E-state index in [1.807, 2.05) is 17.0 Å². The molecule has 0 aliphatic carbocycles. The molecule has 1 saturated heterocycles. The normalized spacial score (nSPS) is 16.2. The summed E-state index contributed by atoms with van der Waals surface area (Å²) in [6.45, 7) is 6.45. The fourth-order valence-electron chi connectivity index (χ4n) is 2.69. The average molecular weight is 276 g/mol. The Hall–Kier alpha value is -1.55. The third-order valence-electron chi connectivity index (χ3n) is 3.93. The van der Waals surface area contributed by atoms with Crippen molar-refractivity contribution in [3.63, 3.8) is 0 Å². The number of aryl methyl sites for hydroxylation is 1. The van der Waals surface area contributed by atoms with Crippen molar-refractivity contribution in [1.82, 2.24) is 9.80 Å². The molecule has 1 aliphatic heterocycles. The molecule has 1 amide bonds. The maximum atomic E-state index is 11.3. The molecule has 2 rings (SSSR count). The number of carbonyl (C=O) groups excluding carboxylic acids is 1. The number of nitrogens with zero attached hydrogens (tertiary/aromatic N) is 2. The van der Waals surface area contributed by atoms with Crippen LogP contribution < -0.4 is 4.74 Å². The van der Waals surface area contributed by atoms with E-state index in [-0.39, 0.29) is 5.91 Å². The lowest BCUT2D eigenvalue weighted by atomic mass is 10.1. The molecule has 4 heteroatoms. The maximum absolute atomic E-state index is 11.3. The van der Waals surface area contributed by atoms with Crippen LogP contribution in [0.1, 0.15) is 18.9 Å². The summed E-state index contributed by atoms with van der Waals surface area (Å²) >= 11 is 0. The minimum atomic E-state index is 0.193. The Morgan fingerprint density at radius 2 is 1.90 bits per heavy atom. The van der Waals surface area contributed by atoms with Crippen molar-refractivity contribution < 1.29 is 9.53 Å². The smallest absolute Gasteiger partial charge is 0.219 e. The van der Waals surface area contributed by atoms with Gasteiger partial charge in [0.05, 0.1) is 7.11 Å². The summed E-state index contributed by atoms with van der Waals surface area (Å²) in [6, 6.07) is 8.21. The second-order valence-corrected chi connectivity index (χ2v) is 5.26. The van der Waals surface area contributed by atoms with Gasteiger partial charge in [0.25, 0.3) is 0 Å². The van der Waals surface area contributed by atoms with Gasteiger partial charge in [0.2, 0.25) is 5.91 Å². The number of piperazine rings is 1. The third-order valence-corrected chi connectivity index (χ3v) is 3.93. The lowest BCUT2D eigenvalue weighted by molar-refractivity contribution is -0.130. The second-order valence-electron chi connectivity index (χ2n) is 5.26. The molecular formula is C16H24N2O2. The van der Waals surface area contributed by atoms with Crippen LogP contribution in [-0.4, -0.2) is 55.5 Å². The molecule has 0 aromatic heterocycles. The highest BCUT2D eigenvalue weighted by Gasteiger charge is 2.17. The van der Waals surface area contributed by atoms with Gasteiger partial charge in [0.1, 0.15) is 5.75 Å². The number of para-hydroxylation sites is 1. The first-order chi connectivity index (χ1) is 9.70. The van der Waals surface area contributed by atoms with Crippen LogP contribution in [0.2, 0.25) is 0 Å². The van der Waals surface area contributed by atoms with Gasteiger partial charge in [0, 0.05) is 33.1 Å². The molecule has 4 nitrogen and oxygen atoms in total. The van der Waals surface area contributed by atoms with Crippen LogP contribution in [0, 0.1) is 0 Å². The molecule has 0 atom stereocenters. The first-order valence-electron chi connectivity index (χ1n) is 7.30. The average Bonchev–Trinajstić information content (AvgIpc) is 2.48. The summed E-state index contributed by atoms with van der Waals surface area (Å²) in [5.41, 5.74) is 1.28. The van der Waals surface area contributed by atoms with Gasteiger partial charge >= 0.3 is 0 Å². The van der Waals surface area contributed by atoms with E-state index in [1.165, 1.54) is 5.56 Å². The summed E-state index contributed by atoms with van der Waals surface area (Å²) in [6.07, 6.45) is 2.16. The Kier molecular flexibility index (Phi) is 5.41. The summed E-state index contributed by atoms with van der Waals surface area (Å²) in [5.74, 6) is 1.17. The molecule has 1 aromatic rings. The van der Waals surface area contributed by atoms with Crippen molar-refractivity contribution in [3.8, 4) is 5.75 Å². The lowest BCUT2D eigenvalue weighted by Crippen LogP contribution is -2.48. The van der Waals surface area contributed by atoms with Gasteiger partial charge in [-0.1, -0.05) is 18.2 Å². The van der Waals surface area contributed by atoms with E-state index in [4.69, 9.17) is 4.74 Å². The van der Waals surface area contributed by atoms with Crippen molar-refractivity contribution in [2.45, 2.75) is 19.8 Å². The van der Waals surface area contributed by atoms with Gasteiger partial charge in [-0.15, -0.1) is 0 Å². The van der Waals surface area contributed by atoms with Gasteiger partial charge in [0.15, 0.2) is 0 Å². The Morgan fingerprint density at radius 1 is 1.20 bits per heavy atom. The van der Waals surface area contributed by atoms with Crippen LogP contribution in [0.3, 0.4) is 0 Å². The van der Waals surface area contributed by atoms with Crippen LogP contribution in [0.4, 0.5) is 0 Å². The number of rotatable bonds is 5. The summed E-state index contributed by atoms with van der Waals surface area (Å²) < 4.78 is 5.37. The Labute approximate surface area is 121 Å². The fraction of sp³-hybridized carbons (Fsp3) is 0.562. The Bertz CT molecular complexity index is 440. The van der Waals surface area contributed by atoms with Crippen LogP contribution >= 0.6 is 0 Å². The predicted octanol–water partition coefficient (Wildman–Crippen LogP) is 1.79. The first-order valence-corrected chi connectivity index (χ1v) is 7.30. The molecule has 0 unspecified atom stereocenters. The van der Waals surface area contributed by atoms with Crippen LogP contribution in [-0.2, 0) is 11.2 Å². The molecule has 0 radical (unpaired) electrons. The number of hydrogen-bond donors (Lipinski definition) is 0. The van der Waals surface area contributed by atoms with E-state index in [0.717, 1.165) is 51.3 Å². The molecule has 1 aromatic carbocycles. The standard InChI is InChI=1S/C16H24N2O2/c1-14(19)18-12-10-17(11-13-18)9-5-7-15-6-3-4-8-16(15)20-2/h3-4,6,8H,5,7,9-13H2,1-2H3. The van der Waals surface area contributed by atoms with Crippen molar-refractivity contribution in [2.75, 3.05) is 39.8 Å². The zero-order valence-corrected chi connectivity index (χ0v) is 12.5. The van der Waals surface area contributed by atoms with Gasteiger partial charge in [-0.2, -0.15) is 0 Å². The lowest BCUT2D eigenvalue weighted by Gasteiger charge is -2.34. The first kappa shape index (κ1) is 14.9. The molecule has 1 aliphatic rings. The summed E-state index contributed by atoms with van der Waals surface area (Å²) in [7, 11) is 1.72. The molecule has 20 heavy (non-hydrogen) atoms. The summed E-state index contributed by atoms with van der Waals surface area (Å²) in [4.78, 5) is 15.6. The molecule has 1 fully saturated rings. The highest BCUT2D eigenvalue weighted by Crippen LogP contribution is 2.19. The van der Waals surface area contributed by atoms with E-state index in [1.54, 1.807) is 14.0 Å². The quantitative estimate of drug-likeness (QED) is 0.822. The zero-order chi connectivity index (χ0) is 14.4. The predicted molar refractivity (Wildman–Crippen MR) is 80.0 cm³/mol. The van der Waals surface area contributed by atoms with Crippen molar-refractivity contribution in [1.29, 1.82) is 0 Å². The van der Waals surface area contributed by atoms with Crippen molar-refractivity contribution in [3.05, 3.63) is 29.8 Å². The molecule has 0 N–H and O–H groups in total. The van der Waals surface area contributed by atoms with Gasteiger partial charge in [-0.25, -0.2) is 0 Å². The van der Waals surface area contributed by atoms with E-state index in [2.05, 4.69) is 17.0 Å². The molecular weight excluding hydrogens is 252 g/mol. The highest BCUT2D eigenvalue weighted by molar-refractivity contribution is 5.73. The minimum Gasteiger partial charge on any atom is -0.496 e. The van der Waals surface area contributed by atoms with Gasteiger partial charge in [-0.05, 0) is 31.0 Å². The van der Waals surface area contributed by atoms with Crippen molar-refractivity contribution in [2.24, 2.45) is 0 Å². The fourth-order valence-corrected chi connectivity index (χ4v) is 2.69. The number of methoxy groups -OCH3 is 1. The minimum absolute atomic E-state index is 0.193. The largest absolute Gasteiger partial charge is 0.496 e. The zero-order valence-electron chi connectivity index (χ0n) is 12.5. The molecule has 110 valence electrons. The van der Waals surface area contributed by atoms with E-state index in [0.29, 0.717) is 0 Å². The monoisotopic (exact) mass is 276 g/mol. The van der Waals surface area contributed by atoms with Gasteiger partial charge in [-0.3, -0.25) is 9.69 Å². The maximum Gasteiger partial charge on any atom is 0.219 e. The van der Waals surface area contributed by atoms with Crippen LogP contribution in [0.15, 0.2) is 24.3 Å². The number of ether oxygens (including phenoxy) is 1. The Balaban J connectivity index is 1.73. The molecule has 0 saturated carbocycles. The summed E-state index contributed by atoms with van der Waals surface area (Å²) in [5, 5.41) is 0. The van der Waals surface area contributed by atoms with E-state index in [9.17, 15) is 4.79 Å². The van der Waals surface area contributed by atoms with Gasteiger partial charge < -0.3 is 9.64 Å². The van der Waals surface area contributed by atoms with Crippen LogP contribution in [0.5, 0.6) is 5.75 Å². The molecule has 1 heterocycles. The number of benzene rings is 1. The SMILES string of the molecule is COc1ccccc1CCCN1CCN(C(C)=O)CC1. The number of amides is 1. The van der Waals surface area contributed by atoms with Crippen LogP contribution in [0.25, 0.3) is 0 Å². The van der Waals surface area contributed by atoms with Crippen molar-refractivity contribution >= 4 is 5.91 Å². The number of hydrogen-bond acceptors (Lipinski definition) is 3. The van der Waals surface area contributed by atoms with E-state index < -0.39 is 0 Å². The third kappa shape index (κ3) is 3.97. The second kappa shape index (κ2) is 7.29. The number of carbonyl (C=O) groups is 1. The Morgan fingerprint density at radius 3 is 2.55 bits per heavy atom. The topological polar surface area (TPSA) is 32.8 Å². The highest BCUT2D eigenvalue weighted by atomic mass is 16.5. The van der Waals surface area contributed by atoms with E-state index >= 15 is 0 Å².